The summed E-state index contributed by atoms with van der Waals surface area (Å²) in [6.07, 6.45) is 3.08. The van der Waals surface area contributed by atoms with Crippen molar-refractivity contribution >= 4 is 5.91 Å². The van der Waals surface area contributed by atoms with Gasteiger partial charge in [0.1, 0.15) is 0 Å². The Hall–Kier alpha value is -2.18. The molecular weight excluding hydrogens is 326 g/mol. The molecule has 2 aromatic rings. The number of carbonyl (C=O) groups excluding carboxylic acids is 1. The third-order valence-corrected chi connectivity index (χ3v) is 5.61. The van der Waals surface area contributed by atoms with Crippen molar-refractivity contribution in [1.82, 2.24) is 25.3 Å². The lowest BCUT2D eigenvalue weighted by Gasteiger charge is -2.37. The molecule has 1 aromatic carbocycles. The van der Waals surface area contributed by atoms with Crippen LogP contribution in [-0.4, -0.2) is 58.6 Å². The van der Waals surface area contributed by atoms with Crippen LogP contribution in [0.3, 0.4) is 0 Å². The molecule has 1 amide bonds. The lowest BCUT2D eigenvalue weighted by Crippen LogP contribution is -2.48. The van der Waals surface area contributed by atoms with E-state index in [0.29, 0.717) is 5.69 Å². The van der Waals surface area contributed by atoms with Gasteiger partial charge in [-0.1, -0.05) is 30.3 Å². The Balaban J connectivity index is 1.43. The molecule has 1 fully saturated rings. The Kier molecular flexibility index (Phi) is 5.04. The van der Waals surface area contributed by atoms with E-state index < -0.39 is 0 Å². The normalized spacial score (nSPS) is 20.6. The second kappa shape index (κ2) is 7.60. The number of hydrogen-bond acceptors (Lipinski definition) is 4. The predicted molar refractivity (Wildman–Crippen MR) is 101 cm³/mol. The van der Waals surface area contributed by atoms with Crippen LogP contribution in [0.5, 0.6) is 0 Å². The number of piperidine rings is 1. The number of nitrogens with zero attached hydrogens (tertiary/aromatic N) is 3. The van der Waals surface area contributed by atoms with Gasteiger partial charge in [0.05, 0.1) is 0 Å². The van der Waals surface area contributed by atoms with Crippen LogP contribution in [0.15, 0.2) is 30.3 Å². The number of likely N-dealkylation sites (N-methyl/N-ethyl adjacent to an activating group) is 1. The van der Waals surface area contributed by atoms with Gasteiger partial charge >= 0.3 is 0 Å². The summed E-state index contributed by atoms with van der Waals surface area (Å²) in [4.78, 5) is 17.4. The maximum absolute atomic E-state index is 13.0. The standard InChI is InChI=1S/C20H27N5O/c1-24(20(26)19-17-12-21-10-9-18(17)22-23-19)16-8-5-11-25(14-16)13-15-6-3-2-4-7-15/h2-4,6-7,16,21H,5,8-14H2,1H3,(H,22,23). The number of carbonyl (C=O) groups is 1. The van der Waals surface area contributed by atoms with Crippen LogP contribution in [0.1, 0.15) is 40.2 Å². The van der Waals surface area contributed by atoms with Crippen molar-refractivity contribution in [3.63, 3.8) is 0 Å². The van der Waals surface area contributed by atoms with Gasteiger partial charge in [0.2, 0.25) is 0 Å². The monoisotopic (exact) mass is 353 g/mol. The average molecular weight is 353 g/mol. The van der Waals surface area contributed by atoms with Crippen molar-refractivity contribution in [3.8, 4) is 0 Å². The van der Waals surface area contributed by atoms with Crippen molar-refractivity contribution in [3.05, 3.63) is 52.8 Å². The zero-order valence-electron chi connectivity index (χ0n) is 15.4. The fourth-order valence-electron chi connectivity index (χ4n) is 4.07. The molecule has 1 unspecified atom stereocenters. The van der Waals surface area contributed by atoms with Gasteiger partial charge in [-0.05, 0) is 24.9 Å². The van der Waals surface area contributed by atoms with Crippen LogP contribution in [0.2, 0.25) is 0 Å². The molecule has 0 aliphatic carbocycles. The number of aromatic nitrogens is 2. The third kappa shape index (κ3) is 3.52. The Morgan fingerprint density at radius 2 is 2.19 bits per heavy atom. The highest BCUT2D eigenvalue weighted by atomic mass is 16.2. The summed E-state index contributed by atoms with van der Waals surface area (Å²) < 4.78 is 0. The first-order valence-electron chi connectivity index (χ1n) is 9.52. The summed E-state index contributed by atoms with van der Waals surface area (Å²) in [5, 5.41) is 10.7. The van der Waals surface area contributed by atoms with Crippen LogP contribution < -0.4 is 5.32 Å². The molecule has 1 atom stereocenters. The second-order valence-corrected chi connectivity index (χ2v) is 7.39. The van der Waals surface area contributed by atoms with Crippen molar-refractivity contribution in [1.29, 1.82) is 0 Å². The van der Waals surface area contributed by atoms with Gasteiger partial charge in [0, 0.05) is 56.9 Å². The van der Waals surface area contributed by atoms with Crippen molar-refractivity contribution in [2.75, 3.05) is 26.7 Å². The summed E-state index contributed by atoms with van der Waals surface area (Å²) in [5.74, 6) is 0.0396. The fraction of sp³-hybridized carbons (Fsp3) is 0.500. The minimum Gasteiger partial charge on any atom is -0.336 e. The number of benzene rings is 1. The Morgan fingerprint density at radius 3 is 3.04 bits per heavy atom. The molecule has 0 radical (unpaired) electrons. The molecule has 26 heavy (non-hydrogen) atoms. The topological polar surface area (TPSA) is 64.3 Å². The molecule has 6 nitrogen and oxygen atoms in total. The van der Waals surface area contributed by atoms with Gasteiger partial charge in [-0.2, -0.15) is 5.10 Å². The van der Waals surface area contributed by atoms with Crippen LogP contribution in [-0.2, 0) is 19.5 Å². The van der Waals surface area contributed by atoms with Gasteiger partial charge < -0.3 is 10.2 Å². The second-order valence-electron chi connectivity index (χ2n) is 7.39. The summed E-state index contributed by atoms with van der Waals surface area (Å²) in [7, 11) is 1.93. The number of nitrogens with one attached hydrogen (secondary N) is 2. The molecule has 2 aliphatic heterocycles. The fourth-order valence-corrected chi connectivity index (χ4v) is 4.07. The SMILES string of the molecule is CN(C(=O)c1n[nH]c2c1CNCC2)C1CCCN(Cc2ccccc2)C1. The molecule has 138 valence electrons. The summed E-state index contributed by atoms with van der Waals surface area (Å²) in [5.41, 5.74) is 4.07. The number of hydrogen-bond donors (Lipinski definition) is 2. The van der Waals surface area contributed by atoms with Crippen molar-refractivity contribution in [2.45, 2.75) is 38.4 Å². The lowest BCUT2D eigenvalue weighted by atomic mass is 10.0. The highest BCUT2D eigenvalue weighted by Crippen LogP contribution is 2.21. The molecule has 2 aliphatic rings. The Morgan fingerprint density at radius 1 is 1.35 bits per heavy atom. The first kappa shape index (κ1) is 17.2. The van der Waals surface area contributed by atoms with Gasteiger partial charge in [-0.15, -0.1) is 0 Å². The Labute approximate surface area is 154 Å². The quantitative estimate of drug-likeness (QED) is 0.880. The van der Waals surface area contributed by atoms with Crippen LogP contribution in [0.4, 0.5) is 0 Å². The van der Waals surface area contributed by atoms with Crippen molar-refractivity contribution < 1.29 is 4.79 Å². The van der Waals surface area contributed by atoms with E-state index in [9.17, 15) is 4.79 Å². The molecule has 0 saturated carbocycles. The van der Waals surface area contributed by atoms with Gasteiger partial charge in [0.25, 0.3) is 5.91 Å². The first-order chi connectivity index (χ1) is 12.7. The highest BCUT2D eigenvalue weighted by molar-refractivity contribution is 5.94. The Bertz CT molecular complexity index is 757. The van der Waals surface area contributed by atoms with E-state index >= 15 is 0 Å². The molecule has 3 heterocycles. The smallest absolute Gasteiger partial charge is 0.274 e. The number of aromatic amines is 1. The number of H-pyrrole nitrogens is 1. The minimum atomic E-state index is 0.0396. The number of fused-ring (bicyclic) bond motifs is 1. The predicted octanol–water partition coefficient (Wildman–Crippen LogP) is 1.79. The molecule has 2 N–H and O–H groups in total. The van der Waals surface area contributed by atoms with E-state index in [1.807, 2.05) is 18.0 Å². The van der Waals surface area contributed by atoms with E-state index in [4.69, 9.17) is 0 Å². The highest BCUT2D eigenvalue weighted by Gasteiger charge is 2.30. The average Bonchev–Trinajstić information content (AvgIpc) is 3.12. The van der Waals surface area contributed by atoms with Crippen LogP contribution in [0.25, 0.3) is 0 Å². The summed E-state index contributed by atoms with van der Waals surface area (Å²) in [6, 6.07) is 10.8. The zero-order chi connectivity index (χ0) is 17.9. The van der Waals surface area contributed by atoms with Crippen LogP contribution >= 0.6 is 0 Å². The summed E-state index contributed by atoms with van der Waals surface area (Å²) in [6.45, 7) is 4.62. The zero-order valence-corrected chi connectivity index (χ0v) is 15.4. The number of rotatable bonds is 4. The maximum atomic E-state index is 13.0. The molecule has 6 heteroatoms. The van der Waals surface area contributed by atoms with E-state index in [1.54, 1.807) is 0 Å². The molecule has 1 aromatic heterocycles. The van der Waals surface area contributed by atoms with E-state index in [-0.39, 0.29) is 11.9 Å². The van der Waals surface area contributed by atoms with Crippen LogP contribution in [0, 0.1) is 0 Å². The maximum Gasteiger partial charge on any atom is 0.274 e. The largest absolute Gasteiger partial charge is 0.336 e. The molecular formula is C20H27N5O. The first-order valence-corrected chi connectivity index (χ1v) is 9.52. The third-order valence-electron chi connectivity index (χ3n) is 5.61. The van der Waals surface area contributed by atoms with E-state index in [0.717, 1.165) is 63.2 Å². The van der Waals surface area contributed by atoms with Crippen molar-refractivity contribution in [2.24, 2.45) is 0 Å². The van der Waals surface area contributed by atoms with E-state index in [1.165, 1.54) is 5.56 Å². The molecule has 4 rings (SSSR count). The lowest BCUT2D eigenvalue weighted by molar-refractivity contribution is 0.0602. The number of likely N-dealkylation sites (tertiary alicyclic amines) is 1. The minimum absolute atomic E-state index is 0.0396. The summed E-state index contributed by atoms with van der Waals surface area (Å²) >= 11 is 0. The number of amides is 1. The molecule has 1 saturated heterocycles. The van der Waals surface area contributed by atoms with Gasteiger partial charge in [-0.3, -0.25) is 14.8 Å². The van der Waals surface area contributed by atoms with Gasteiger partial charge in [-0.25, -0.2) is 0 Å². The molecule has 0 spiro atoms. The molecule has 0 bridgehead atoms. The van der Waals surface area contributed by atoms with Gasteiger partial charge in [0.15, 0.2) is 5.69 Å². The van der Waals surface area contributed by atoms with E-state index in [2.05, 4.69) is 44.7 Å².